The van der Waals surface area contributed by atoms with Crippen LogP contribution in [0.5, 0.6) is 0 Å². The Morgan fingerprint density at radius 3 is 2.47 bits per heavy atom. The van der Waals surface area contributed by atoms with Gasteiger partial charge in [-0.25, -0.2) is 4.68 Å². The fourth-order valence-corrected chi connectivity index (χ4v) is 2.51. The molecule has 3 nitrogen and oxygen atoms in total. The van der Waals surface area contributed by atoms with Crippen molar-refractivity contribution in [3.05, 3.63) is 45.2 Å². The summed E-state index contributed by atoms with van der Waals surface area (Å²) < 4.78 is 1.65. The Morgan fingerprint density at radius 1 is 1.24 bits per heavy atom. The summed E-state index contributed by atoms with van der Waals surface area (Å²) in [7, 11) is 1.86. The van der Waals surface area contributed by atoms with Crippen molar-refractivity contribution < 1.29 is 0 Å². The topological polar surface area (TPSA) is 29.9 Å². The molecule has 0 radical (unpaired) electrons. The molecule has 0 amide bonds. The largest absolute Gasteiger partial charge is 0.314 e. The zero-order valence-corrected chi connectivity index (χ0v) is 11.3. The lowest BCUT2D eigenvalue weighted by molar-refractivity contribution is 0.757. The van der Waals surface area contributed by atoms with Gasteiger partial charge in [-0.1, -0.05) is 34.8 Å². The van der Waals surface area contributed by atoms with Crippen LogP contribution < -0.4 is 5.32 Å². The molecule has 17 heavy (non-hydrogen) atoms. The van der Waals surface area contributed by atoms with Crippen LogP contribution >= 0.6 is 34.8 Å². The summed E-state index contributed by atoms with van der Waals surface area (Å²) in [6.07, 6.45) is 1.81. The predicted molar refractivity (Wildman–Crippen MR) is 71.4 cm³/mol. The van der Waals surface area contributed by atoms with Gasteiger partial charge in [0.05, 0.1) is 15.7 Å². The molecule has 0 spiro atoms. The van der Waals surface area contributed by atoms with Gasteiger partial charge >= 0.3 is 0 Å². The molecule has 0 saturated heterocycles. The van der Waals surface area contributed by atoms with Gasteiger partial charge in [0.15, 0.2) is 0 Å². The van der Waals surface area contributed by atoms with Crippen molar-refractivity contribution in [3.8, 4) is 5.69 Å². The van der Waals surface area contributed by atoms with Crippen LogP contribution in [-0.4, -0.2) is 16.8 Å². The zero-order valence-electron chi connectivity index (χ0n) is 9.04. The lowest BCUT2D eigenvalue weighted by atomic mass is 10.3. The molecule has 90 valence electrons. The van der Waals surface area contributed by atoms with Gasteiger partial charge in [0.2, 0.25) is 0 Å². The van der Waals surface area contributed by atoms with Crippen LogP contribution in [0.15, 0.2) is 24.4 Å². The summed E-state index contributed by atoms with van der Waals surface area (Å²) in [5, 5.41) is 8.84. The third kappa shape index (κ3) is 2.75. The van der Waals surface area contributed by atoms with Gasteiger partial charge in [-0.2, -0.15) is 5.10 Å². The Hall–Kier alpha value is -0.740. The molecule has 1 aromatic carbocycles. The Labute approximate surface area is 114 Å². The zero-order chi connectivity index (χ0) is 12.4. The van der Waals surface area contributed by atoms with Gasteiger partial charge in [0.1, 0.15) is 5.69 Å². The minimum absolute atomic E-state index is 0.474. The molecule has 2 rings (SSSR count). The van der Waals surface area contributed by atoms with Gasteiger partial charge in [-0.15, -0.1) is 0 Å². The number of aromatic nitrogens is 2. The summed E-state index contributed by atoms with van der Waals surface area (Å²) in [6.45, 7) is 0.690. The highest BCUT2D eigenvalue weighted by atomic mass is 35.5. The maximum Gasteiger partial charge on any atom is 0.102 e. The fraction of sp³-hybridized carbons (Fsp3) is 0.182. The molecule has 0 fully saturated rings. The average molecular weight is 291 g/mol. The number of hydrogen-bond donors (Lipinski definition) is 1. The summed E-state index contributed by atoms with van der Waals surface area (Å²) >= 11 is 18.1. The second-order valence-electron chi connectivity index (χ2n) is 3.50. The average Bonchev–Trinajstić information content (AvgIpc) is 2.65. The van der Waals surface area contributed by atoms with Crippen LogP contribution in [0.4, 0.5) is 0 Å². The quantitative estimate of drug-likeness (QED) is 0.937. The standard InChI is InChI=1S/C11H10Cl3N3/c1-15-6-8-2-3-17(16-8)11-9(13)4-7(12)5-10(11)14/h2-5,15H,6H2,1H3. The normalized spacial score (nSPS) is 10.8. The van der Waals surface area contributed by atoms with Crippen molar-refractivity contribution in [1.82, 2.24) is 15.1 Å². The molecule has 1 heterocycles. The summed E-state index contributed by atoms with van der Waals surface area (Å²) in [5.41, 5.74) is 1.55. The van der Waals surface area contributed by atoms with E-state index >= 15 is 0 Å². The van der Waals surface area contributed by atoms with Crippen molar-refractivity contribution in [3.63, 3.8) is 0 Å². The maximum atomic E-state index is 6.11. The third-order valence-corrected chi connectivity index (χ3v) is 3.01. The van der Waals surface area contributed by atoms with E-state index in [1.165, 1.54) is 0 Å². The second kappa shape index (κ2) is 5.27. The molecular formula is C11H10Cl3N3. The Kier molecular flexibility index (Phi) is 3.94. The molecular weight excluding hydrogens is 281 g/mol. The maximum absolute atomic E-state index is 6.11. The number of rotatable bonds is 3. The number of benzene rings is 1. The smallest absolute Gasteiger partial charge is 0.102 e. The lowest BCUT2D eigenvalue weighted by Gasteiger charge is -2.07. The first-order chi connectivity index (χ1) is 8.11. The first-order valence-electron chi connectivity index (χ1n) is 4.96. The van der Waals surface area contributed by atoms with Crippen LogP contribution in [0, 0.1) is 0 Å². The van der Waals surface area contributed by atoms with Gasteiger partial charge in [0.25, 0.3) is 0 Å². The summed E-state index contributed by atoms with van der Waals surface area (Å²) in [5.74, 6) is 0. The Balaban J connectivity index is 2.45. The lowest BCUT2D eigenvalue weighted by Crippen LogP contribution is -2.06. The van der Waals surface area contributed by atoms with E-state index in [0.717, 1.165) is 5.69 Å². The SMILES string of the molecule is CNCc1ccn(-c2c(Cl)cc(Cl)cc2Cl)n1. The monoisotopic (exact) mass is 289 g/mol. The predicted octanol–water partition coefficient (Wildman–Crippen LogP) is 3.55. The number of nitrogens with one attached hydrogen (secondary N) is 1. The van der Waals surface area contributed by atoms with Crippen molar-refractivity contribution >= 4 is 34.8 Å². The molecule has 0 aliphatic heterocycles. The van der Waals surface area contributed by atoms with Crippen LogP contribution in [0.2, 0.25) is 15.1 Å². The van der Waals surface area contributed by atoms with Gasteiger partial charge in [0, 0.05) is 17.8 Å². The molecule has 0 aliphatic carbocycles. The minimum atomic E-state index is 0.474. The van der Waals surface area contributed by atoms with Crippen molar-refractivity contribution in [2.75, 3.05) is 7.05 Å². The van der Waals surface area contributed by atoms with Crippen molar-refractivity contribution in [1.29, 1.82) is 0 Å². The molecule has 1 aromatic heterocycles. The van der Waals surface area contributed by atoms with Crippen LogP contribution in [-0.2, 0) is 6.54 Å². The number of hydrogen-bond acceptors (Lipinski definition) is 2. The van der Waals surface area contributed by atoms with Gasteiger partial charge in [-0.05, 0) is 25.2 Å². The molecule has 0 bridgehead atoms. The van der Waals surface area contributed by atoms with Crippen molar-refractivity contribution in [2.24, 2.45) is 0 Å². The van der Waals surface area contributed by atoms with E-state index in [1.54, 1.807) is 16.8 Å². The van der Waals surface area contributed by atoms with Gasteiger partial charge in [-0.3, -0.25) is 0 Å². The first-order valence-corrected chi connectivity index (χ1v) is 6.09. The van der Waals surface area contributed by atoms with E-state index in [0.29, 0.717) is 27.3 Å². The van der Waals surface area contributed by atoms with E-state index < -0.39 is 0 Å². The molecule has 0 atom stereocenters. The second-order valence-corrected chi connectivity index (χ2v) is 4.75. The van der Waals surface area contributed by atoms with Crippen LogP contribution in [0.25, 0.3) is 5.69 Å². The Morgan fingerprint density at radius 2 is 1.88 bits per heavy atom. The number of halogens is 3. The Bertz CT molecular complexity index is 514. The molecule has 0 unspecified atom stereocenters. The molecule has 2 aromatic rings. The highest BCUT2D eigenvalue weighted by Gasteiger charge is 2.11. The highest BCUT2D eigenvalue weighted by molar-refractivity contribution is 6.40. The molecule has 0 saturated carbocycles. The molecule has 6 heteroatoms. The highest BCUT2D eigenvalue weighted by Crippen LogP contribution is 2.31. The van der Waals surface area contributed by atoms with Crippen molar-refractivity contribution in [2.45, 2.75) is 6.54 Å². The summed E-state index contributed by atoms with van der Waals surface area (Å²) in [6, 6.07) is 5.19. The molecule has 1 N–H and O–H groups in total. The van der Waals surface area contributed by atoms with E-state index in [-0.39, 0.29) is 0 Å². The van der Waals surface area contributed by atoms with E-state index in [1.807, 2.05) is 19.3 Å². The van der Waals surface area contributed by atoms with Crippen LogP contribution in [0.3, 0.4) is 0 Å². The summed E-state index contributed by atoms with van der Waals surface area (Å²) in [4.78, 5) is 0. The van der Waals surface area contributed by atoms with Gasteiger partial charge < -0.3 is 5.32 Å². The van der Waals surface area contributed by atoms with E-state index in [9.17, 15) is 0 Å². The van der Waals surface area contributed by atoms with Crippen LogP contribution in [0.1, 0.15) is 5.69 Å². The van der Waals surface area contributed by atoms with E-state index in [4.69, 9.17) is 34.8 Å². The minimum Gasteiger partial charge on any atom is -0.314 e. The fourth-order valence-electron chi connectivity index (χ4n) is 1.52. The molecule has 0 aliphatic rings. The number of nitrogens with zero attached hydrogens (tertiary/aromatic N) is 2. The first kappa shape index (κ1) is 12.7. The third-order valence-electron chi connectivity index (χ3n) is 2.21. The van der Waals surface area contributed by atoms with E-state index in [2.05, 4.69) is 10.4 Å².